The van der Waals surface area contributed by atoms with Crippen LogP contribution in [0.15, 0.2) is 0 Å². The molecule has 160 valence electrons. The minimum absolute atomic E-state index is 0.274. The van der Waals surface area contributed by atoms with Crippen molar-refractivity contribution >= 4 is 0 Å². The molecule has 0 radical (unpaired) electrons. The zero-order valence-electron chi connectivity index (χ0n) is 19.4. The number of nitrogens with zero attached hydrogens (tertiary/aromatic N) is 1. The average molecular weight is 379 g/mol. The zero-order valence-corrected chi connectivity index (χ0v) is 19.4. The van der Waals surface area contributed by atoms with E-state index in [1.807, 2.05) is 0 Å². The molecule has 1 N–H and O–H groups in total. The normalized spacial score (nSPS) is 25.9. The van der Waals surface area contributed by atoms with Gasteiger partial charge in [0.2, 0.25) is 0 Å². The molecule has 1 unspecified atom stereocenters. The topological polar surface area (TPSA) is 15.3 Å². The van der Waals surface area contributed by atoms with Gasteiger partial charge in [-0.1, -0.05) is 71.1 Å². The van der Waals surface area contributed by atoms with Gasteiger partial charge >= 0.3 is 0 Å². The molecule has 1 atom stereocenters. The number of likely N-dealkylation sites (tertiary alicyclic amines) is 1. The van der Waals surface area contributed by atoms with E-state index in [0.29, 0.717) is 0 Å². The third-order valence-corrected chi connectivity index (χ3v) is 6.95. The second-order valence-electron chi connectivity index (χ2n) is 11.0. The van der Waals surface area contributed by atoms with Crippen LogP contribution < -0.4 is 5.32 Å². The zero-order chi connectivity index (χ0) is 19.8. The summed E-state index contributed by atoms with van der Waals surface area (Å²) < 4.78 is 0. The molecule has 2 aliphatic heterocycles. The van der Waals surface area contributed by atoms with Crippen LogP contribution in [0.4, 0.5) is 0 Å². The van der Waals surface area contributed by atoms with Crippen molar-refractivity contribution in [3.63, 3.8) is 0 Å². The second kappa shape index (κ2) is 11.2. The van der Waals surface area contributed by atoms with Crippen molar-refractivity contribution in [2.75, 3.05) is 6.54 Å². The van der Waals surface area contributed by atoms with E-state index in [1.54, 1.807) is 0 Å². The van der Waals surface area contributed by atoms with E-state index in [-0.39, 0.29) is 11.1 Å². The molecule has 2 fully saturated rings. The van der Waals surface area contributed by atoms with Gasteiger partial charge in [0, 0.05) is 23.2 Å². The van der Waals surface area contributed by atoms with Crippen LogP contribution in [0.1, 0.15) is 131 Å². The first kappa shape index (κ1) is 23.2. The van der Waals surface area contributed by atoms with Crippen LogP contribution in [0.5, 0.6) is 0 Å². The van der Waals surface area contributed by atoms with E-state index in [2.05, 4.69) is 44.8 Å². The molecule has 2 nitrogen and oxygen atoms in total. The maximum atomic E-state index is 3.86. The van der Waals surface area contributed by atoms with Crippen LogP contribution in [-0.2, 0) is 0 Å². The lowest BCUT2D eigenvalue weighted by molar-refractivity contribution is 0.0559. The van der Waals surface area contributed by atoms with Gasteiger partial charge < -0.3 is 5.32 Å². The lowest BCUT2D eigenvalue weighted by Gasteiger charge is -2.50. The minimum Gasteiger partial charge on any atom is -0.307 e. The van der Waals surface area contributed by atoms with Crippen molar-refractivity contribution in [2.24, 2.45) is 0 Å². The Bertz CT molecular complexity index is 385. The van der Waals surface area contributed by atoms with Crippen molar-refractivity contribution in [3.8, 4) is 0 Å². The van der Waals surface area contributed by atoms with Crippen LogP contribution in [0.2, 0.25) is 0 Å². The number of rotatable bonds is 12. The highest BCUT2D eigenvalue weighted by atomic mass is 15.2. The maximum absolute atomic E-state index is 3.86. The van der Waals surface area contributed by atoms with Gasteiger partial charge in [-0.25, -0.2) is 0 Å². The van der Waals surface area contributed by atoms with Crippen molar-refractivity contribution in [3.05, 3.63) is 0 Å². The van der Waals surface area contributed by atoms with Gasteiger partial charge in [-0.15, -0.1) is 0 Å². The SMILES string of the molecule is CCCCCCCCCCCCC1CCCN1C1CC(C)(C)NC(C)(C)C1. The molecule has 0 aromatic rings. The molecule has 2 heteroatoms. The molecule has 2 rings (SSSR count). The summed E-state index contributed by atoms with van der Waals surface area (Å²) in [6.45, 7) is 13.2. The number of hydrogen-bond donors (Lipinski definition) is 1. The first-order valence-electron chi connectivity index (χ1n) is 12.4. The lowest BCUT2D eigenvalue weighted by Crippen LogP contribution is -2.62. The summed E-state index contributed by atoms with van der Waals surface area (Å²) in [5.74, 6) is 0. The molecule has 0 spiro atoms. The van der Waals surface area contributed by atoms with E-state index >= 15 is 0 Å². The van der Waals surface area contributed by atoms with Gasteiger partial charge in [0.05, 0.1) is 0 Å². The highest BCUT2D eigenvalue weighted by Gasteiger charge is 2.42. The summed E-state index contributed by atoms with van der Waals surface area (Å²) in [5, 5.41) is 3.86. The second-order valence-corrected chi connectivity index (χ2v) is 11.0. The van der Waals surface area contributed by atoms with Gasteiger partial charge in [0.1, 0.15) is 0 Å². The third kappa shape index (κ3) is 8.44. The molecular formula is C25H50N2. The Morgan fingerprint density at radius 2 is 1.30 bits per heavy atom. The van der Waals surface area contributed by atoms with E-state index in [4.69, 9.17) is 0 Å². The standard InChI is InChI=1S/C25H50N2/c1-6-7-8-9-10-11-12-13-14-15-17-22-18-16-19-27(22)23-20-24(2,3)26-25(4,5)21-23/h22-23,26H,6-21H2,1-5H3. The van der Waals surface area contributed by atoms with E-state index < -0.39 is 0 Å². The van der Waals surface area contributed by atoms with Crippen molar-refractivity contribution in [1.82, 2.24) is 10.2 Å². The van der Waals surface area contributed by atoms with E-state index in [1.165, 1.54) is 103 Å². The summed E-state index contributed by atoms with van der Waals surface area (Å²) in [7, 11) is 0. The molecule has 0 aliphatic carbocycles. The molecule has 0 amide bonds. The highest BCUT2D eigenvalue weighted by molar-refractivity contribution is 5.02. The Labute approximate surface area is 171 Å². The van der Waals surface area contributed by atoms with Crippen LogP contribution >= 0.6 is 0 Å². The molecule has 2 saturated heterocycles. The molecule has 0 aromatic heterocycles. The monoisotopic (exact) mass is 378 g/mol. The Kier molecular flexibility index (Phi) is 9.62. The van der Waals surface area contributed by atoms with Gasteiger partial charge in [-0.05, 0) is 66.3 Å². The van der Waals surface area contributed by atoms with Gasteiger partial charge in [-0.3, -0.25) is 4.90 Å². The number of piperidine rings is 1. The molecular weight excluding hydrogens is 328 g/mol. The minimum atomic E-state index is 0.274. The smallest absolute Gasteiger partial charge is 0.0145 e. The third-order valence-electron chi connectivity index (χ3n) is 6.95. The first-order chi connectivity index (χ1) is 12.8. The Morgan fingerprint density at radius 1 is 0.778 bits per heavy atom. The van der Waals surface area contributed by atoms with Crippen LogP contribution in [0.25, 0.3) is 0 Å². The summed E-state index contributed by atoms with van der Waals surface area (Å²) in [6.07, 6.45) is 21.4. The van der Waals surface area contributed by atoms with Crippen molar-refractivity contribution in [1.29, 1.82) is 0 Å². The van der Waals surface area contributed by atoms with Gasteiger partial charge in [0.25, 0.3) is 0 Å². The average Bonchev–Trinajstić information content (AvgIpc) is 3.02. The number of unbranched alkanes of at least 4 members (excludes halogenated alkanes) is 9. The fraction of sp³-hybridized carbons (Fsp3) is 1.00. The van der Waals surface area contributed by atoms with Crippen LogP contribution in [0.3, 0.4) is 0 Å². The van der Waals surface area contributed by atoms with E-state index in [0.717, 1.165) is 12.1 Å². The maximum Gasteiger partial charge on any atom is 0.0145 e. The van der Waals surface area contributed by atoms with Gasteiger partial charge in [0.15, 0.2) is 0 Å². The summed E-state index contributed by atoms with van der Waals surface area (Å²) in [4.78, 5) is 2.91. The summed E-state index contributed by atoms with van der Waals surface area (Å²) in [6, 6.07) is 1.65. The van der Waals surface area contributed by atoms with Crippen LogP contribution in [-0.4, -0.2) is 34.6 Å². The molecule has 2 heterocycles. The van der Waals surface area contributed by atoms with Crippen molar-refractivity contribution < 1.29 is 0 Å². The number of hydrogen-bond acceptors (Lipinski definition) is 2. The molecule has 27 heavy (non-hydrogen) atoms. The van der Waals surface area contributed by atoms with Gasteiger partial charge in [-0.2, -0.15) is 0 Å². The highest BCUT2D eigenvalue weighted by Crippen LogP contribution is 2.36. The fourth-order valence-corrected chi connectivity index (χ4v) is 6.02. The predicted molar refractivity (Wildman–Crippen MR) is 121 cm³/mol. The first-order valence-corrected chi connectivity index (χ1v) is 12.4. The Balaban J connectivity index is 1.62. The Hall–Kier alpha value is -0.0800. The molecule has 0 aromatic carbocycles. The van der Waals surface area contributed by atoms with E-state index in [9.17, 15) is 0 Å². The van der Waals surface area contributed by atoms with Crippen molar-refractivity contribution in [2.45, 2.75) is 154 Å². The largest absolute Gasteiger partial charge is 0.307 e. The fourth-order valence-electron chi connectivity index (χ4n) is 6.02. The predicted octanol–water partition coefficient (Wildman–Crippen LogP) is 7.07. The lowest BCUT2D eigenvalue weighted by atomic mass is 9.78. The molecule has 2 aliphatic rings. The summed E-state index contributed by atoms with van der Waals surface area (Å²) in [5.41, 5.74) is 0.549. The Morgan fingerprint density at radius 3 is 1.85 bits per heavy atom. The summed E-state index contributed by atoms with van der Waals surface area (Å²) >= 11 is 0. The molecule has 0 saturated carbocycles. The van der Waals surface area contributed by atoms with Crippen LogP contribution in [0, 0.1) is 0 Å². The number of nitrogens with one attached hydrogen (secondary N) is 1. The molecule has 0 bridgehead atoms. The quantitative estimate of drug-likeness (QED) is 0.365.